The van der Waals surface area contributed by atoms with Gasteiger partial charge in [0.25, 0.3) is 0 Å². The fraction of sp³-hybridized carbons (Fsp3) is 0.200. The molecule has 2 aromatic rings. The smallest absolute Gasteiger partial charge is 0.141 e. The SMILES string of the molecule is COc1c(CCl)sc2c(Br)cccc12. The summed E-state index contributed by atoms with van der Waals surface area (Å²) < 4.78 is 7.64. The minimum atomic E-state index is 0.495. The molecule has 0 bridgehead atoms. The monoisotopic (exact) mass is 290 g/mol. The highest BCUT2D eigenvalue weighted by Crippen LogP contribution is 2.41. The summed E-state index contributed by atoms with van der Waals surface area (Å²) >= 11 is 11.0. The maximum absolute atomic E-state index is 5.85. The van der Waals surface area contributed by atoms with Gasteiger partial charge in [-0.15, -0.1) is 22.9 Å². The summed E-state index contributed by atoms with van der Waals surface area (Å²) in [6.45, 7) is 0. The van der Waals surface area contributed by atoms with Gasteiger partial charge in [0, 0.05) is 9.86 Å². The van der Waals surface area contributed by atoms with Crippen LogP contribution in [0.2, 0.25) is 0 Å². The number of ether oxygens (including phenoxy) is 1. The van der Waals surface area contributed by atoms with Gasteiger partial charge in [0.15, 0.2) is 0 Å². The molecule has 0 saturated carbocycles. The third-order valence-corrected chi connectivity index (χ3v) is 4.58. The van der Waals surface area contributed by atoms with Crippen LogP contribution in [0.4, 0.5) is 0 Å². The van der Waals surface area contributed by atoms with E-state index in [4.69, 9.17) is 16.3 Å². The number of hydrogen-bond donors (Lipinski definition) is 0. The Morgan fingerprint density at radius 1 is 1.50 bits per heavy atom. The Morgan fingerprint density at radius 2 is 2.29 bits per heavy atom. The molecule has 74 valence electrons. The van der Waals surface area contributed by atoms with Gasteiger partial charge in [-0.2, -0.15) is 0 Å². The van der Waals surface area contributed by atoms with E-state index in [0.717, 1.165) is 20.5 Å². The molecule has 1 aromatic carbocycles. The van der Waals surface area contributed by atoms with Crippen molar-refractivity contribution < 1.29 is 4.74 Å². The summed E-state index contributed by atoms with van der Waals surface area (Å²) in [5.74, 6) is 1.40. The number of fused-ring (bicyclic) bond motifs is 1. The zero-order valence-corrected chi connectivity index (χ0v) is 10.7. The number of benzene rings is 1. The molecule has 0 radical (unpaired) electrons. The van der Waals surface area contributed by atoms with Gasteiger partial charge < -0.3 is 4.74 Å². The maximum Gasteiger partial charge on any atom is 0.141 e. The lowest BCUT2D eigenvalue weighted by Gasteiger charge is -1.99. The largest absolute Gasteiger partial charge is 0.495 e. The van der Waals surface area contributed by atoms with Crippen molar-refractivity contribution in [2.75, 3.05) is 7.11 Å². The van der Waals surface area contributed by atoms with Gasteiger partial charge in [0.1, 0.15) is 5.75 Å². The Bertz CT molecular complexity index is 466. The van der Waals surface area contributed by atoms with Crippen molar-refractivity contribution in [3.63, 3.8) is 0 Å². The first-order chi connectivity index (χ1) is 6.77. The third kappa shape index (κ3) is 1.53. The average molecular weight is 292 g/mol. The Labute approximate surface area is 99.8 Å². The number of thiophene rings is 1. The zero-order valence-electron chi connectivity index (χ0n) is 7.51. The quantitative estimate of drug-likeness (QED) is 0.745. The number of halogens is 2. The van der Waals surface area contributed by atoms with E-state index < -0.39 is 0 Å². The predicted octanol–water partition coefficient (Wildman–Crippen LogP) is 4.41. The lowest BCUT2D eigenvalue weighted by Crippen LogP contribution is -1.83. The van der Waals surface area contributed by atoms with Crippen molar-refractivity contribution in [1.82, 2.24) is 0 Å². The van der Waals surface area contributed by atoms with Gasteiger partial charge in [-0.25, -0.2) is 0 Å². The van der Waals surface area contributed by atoms with Crippen LogP contribution in [0, 0.1) is 0 Å². The van der Waals surface area contributed by atoms with E-state index in [1.807, 2.05) is 18.2 Å². The van der Waals surface area contributed by atoms with E-state index in [1.165, 1.54) is 4.70 Å². The second-order valence-electron chi connectivity index (χ2n) is 2.81. The minimum Gasteiger partial charge on any atom is -0.495 e. The van der Waals surface area contributed by atoms with E-state index in [0.29, 0.717) is 5.88 Å². The number of rotatable bonds is 2. The second-order valence-corrected chi connectivity index (χ2v) is 5.04. The Balaban J connectivity index is 2.79. The molecular formula is C10H8BrClOS. The van der Waals surface area contributed by atoms with Crippen LogP contribution in [0.1, 0.15) is 4.88 Å². The molecule has 0 saturated heterocycles. The molecule has 4 heteroatoms. The summed E-state index contributed by atoms with van der Waals surface area (Å²) in [6.07, 6.45) is 0. The summed E-state index contributed by atoms with van der Waals surface area (Å²) in [5.41, 5.74) is 0. The van der Waals surface area contributed by atoms with Crippen molar-refractivity contribution >= 4 is 49.0 Å². The number of methoxy groups -OCH3 is 1. The maximum atomic E-state index is 5.85. The molecule has 0 amide bonds. The molecule has 0 fully saturated rings. The molecule has 1 aromatic heterocycles. The van der Waals surface area contributed by atoms with Crippen LogP contribution in [0.3, 0.4) is 0 Å². The Morgan fingerprint density at radius 3 is 2.93 bits per heavy atom. The molecule has 2 rings (SSSR count). The van der Waals surface area contributed by atoms with Crippen LogP contribution in [0.25, 0.3) is 10.1 Å². The number of alkyl halides is 1. The van der Waals surface area contributed by atoms with Crippen LogP contribution in [-0.4, -0.2) is 7.11 Å². The summed E-state index contributed by atoms with van der Waals surface area (Å²) in [6, 6.07) is 6.07. The first-order valence-corrected chi connectivity index (χ1v) is 6.22. The standard InChI is InChI=1S/C10H8BrClOS/c1-13-9-6-3-2-4-7(11)10(6)14-8(9)5-12/h2-4H,5H2,1H3. The van der Waals surface area contributed by atoms with Crippen molar-refractivity contribution in [3.8, 4) is 5.75 Å². The van der Waals surface area contributed by atoms with E-state index in [9.17, 15) is 0 Å². The molecule has 0 spiro atoms. The third-order valence-electron chi connectivity index (χ3n) is 2.02. The molecule has 0 aliphatic carbocycles. The topological polar surface area (TPSA) is 9.23 Å². The minimum absolute atomic E-state index is 0.495. The average Bonchev–Trinajstić information content (AvgIpc) is 2.57. The first kappa shape index (κ1) is 10.3. The molecular weight excluding hydrogens is 284 g/mol. The molecule has 0 atom stereocenters. The van der Waals surface area contributed by atoms with Crippen LogP contribution in [0.5, 0.6) is 5.75 Å². The van der Waals surface area contributed by atoms with Gasteiger partial charge >= 0.3 is 0 Å². The molecule has 1 heterocycles. The van der Waals surface area contributed by atoms with E-state index >= 15 is 0 Å². The van der Waals surface area contributed by atoms with Crippen molar-refractivity contribution in [2.24, 2.45) is 0 Å². The summed E-state index contributed by atoms with van der Waals surface area (Å²) in [5, 5.41) is 1.13. The second kappa shape index (κ2) is 4.09. The molecule has 0 aliphatic rings. The predicted molar refractivity (Wildman–Crippen MR) is 65.6 cm³/mol. The Hall–Kier alpha value is -0.250. The Kier molecular flexibility index (Phi) is 3.00. The molecule has 0 unspecified atom stereocenters. The number of hydrogen-bond acceptors (Lipinski definition) is 2. The normalized spacial score (nSPS) is 10.8. The van der Waals surface area contributed by atoms with Crippen LogP contribution >= 0.6 is 38.9 Å². The van der Waals surface area contributed by atoms with Gasteiger partial charge in [-0.05, 0) is 28.1 Å². The zero-order chi connectivity index (χ0) is 10.1. The highest BCUT2D eigenvalue weighted by atomic mass is 79.9. The van der Waals surface area contributed by atoms with E-state index in [2.05, 4.69) is 15.9 Å². The molecule has 1 nitrogen and oxygen atoms in total. The first-order valence-electron chi connectivity index (χ1n) is 4.07. The molecule has 0 aliphatic heterocycles. The van der Waals surface area contributed by atoms with Crippen molar-refractivity contribution in [1.29, 1.82) is 0 Å². The van der Waals surface area contributed by atoms with Gasteiger partial charge in [-0.1, -0.05) is 6.07 Å². The van der Waals surface area contributed by atoms with Crippen molar-refractivity contribution in [2.45, 2.75) is 5.88 Å². The van der Waals surface area contributed by atoms with Crippen LogP contribution in [-0.2, 0) is 5.88 Å². The van der Waals surface area contributed by atoms with Crippen molar-refractivity contribution in [3.05, 3.63) is 27.5 Å². The fourth-order valence-electron chi connectivity index (χ4n) is 1.42. The van der Waals surface area contributed by atoms with Gasteiger partial charge in [0.2, 0.25) is 0 Å². The highest BCUT2D eigenvalue weighted by Gasteiger charge is 2.13. The van der Waals surface area contributed by atoms with Crippen LogP contribution < -0.4 is 4.74 Å². The highest BCUT2D eigenvalue weighted by molar-refractivity contribution is 9.10. The summed E-state index contributed by atoms with van der Waals surface area (Å²) in [7, 11) is 1.68. The molecule has 14 heavy (non-hydrogen) atoms. The summed E-state index contributed by atoms with van der Waals surface area (Å²) in [4.78, 5) is 1.08. The lowest BCUT2D eigenvalue weighted by atomic mass is 10.2. The lowest BCUT2D eigenvalue weighted by molar-refractivity contribution is 0.418. The molecule has 0 N–H and O–H groups in total. The fourth-order valence-corrected chi connectivity index (χ4v) is 3.34. The van der Waals surface area contributed by atoms with E-state index in [-0.39, 0.29) is 0 Å². The van der Waals surface area contributed by atoms with E-state index in [1.54, 1.807) is 18.4 Å². The van der Waals surface area contributed by atoms with Gasteiger partial charge in [0.05, 0.1) is 22.6 Å². The van der Waals surface area contributed by atoms with Gasteiger partial charge in [-0.3, -0.25) is 0 Å². The van der Waals surface area contributed by atoms with Crippen LogP contribution in [0.15, 0.2) is 22.7 Å².